The molecule has 0 saturated carbocycles. The van der Waals surface area contributed by atoms with E-state index in [2.05, 4.69) is 4.72 Å². The van der Waals surface area contributed by atoms with E-state index in [0.29, 0.717) is 6.54 Å². The molecule has 1 atom stereocenters. The Balaban J connectivity index is 3.88. The Morgan fingerprint density at radius 2 is 2.08 bits per heavy atom. The van der Waals surface area contributed by atoms with Gasteiger partial charge in [-0.05, 0) is 13.3 Å². The highest BCUT2D eigenvalue weighted by atomic mass is 32.2. The Bertz CT molecular complexity index is 201. The van der Waals surface area contributed by atoms with Crippen molar-refractivity contribution in [3.8, 4) is 0 Å². The number of rotatable bonds is 6. The van der Waals surface area contributed by atoms with E-state index < -0.39 is 15.3 Å². The van der Waals surface area contributed by atoms with Gasteiger partial charge >= 0.3 is 0 Å². The quantitative estimate of drug-likeness (QED) is 0.587. The predicted octanol–water partition coefficient (Wildman–Crippen LogP) is 0.0531. The molecule has 0 spiro atoms. The fourth-order valence-corrected chi connectivity index (χ4v) is 1.63. The van der Waals surface area contributed by atoms with Crippen LogP contribution < -0.4 is 10.5 Å². The molecule has 0 radical (unpaired) electrons. The van der Waals surface area contributed by atoms with Crippen molar-refractivity contribution in [1.82, 2.24) is 4.72 Å². The fraction of sp³-hybridized carbons (Fsp3) is 1.00. The number of hydrogen-bond donors (Lipinski definition) is 2. The maximum absolute atomic E-state index is 11.2. The van der Waals surface area contributed by atoms with Crippen molar-refractivity contribution in [1.29, 1.82) is 0 Å². The smallest absolute Gasteiger partial charge is 0.215 e. The standard InChI is InChI=1S/C7H18N2O2S/c1-3-4-5-9-12(10,11)7(2)6-8/h7,9H,3-6,8H2,1-2H3. The number of sulfonamides is 1. The second kappa shape index (κ2) is 5.50. The minimum atomic E-state index is -3.16. The summed E-state index contributed by atoms with van der Waals surface area (Å²) >= 11 is 0. The molecule has 0 aliphatic carbocycles. The molecule has 5 heteroatoms. The third kappa shape index (κ3) is 4.04. The summed E-state index contributed by atoms with van der Waals surface area (Å²) in [6, 6.07) is 0. The molecule has 0 fully saturated rings. The summed E-state index contributed by atoms with van der Waals surface area (Å²) in [5.74, 6) is 0. The lowest BCUT2D eigenvalue weighted by Crippen LogP contribution is -2.37. The Morgan fingerprint density at radius 3 is 2.50 bits per heavy atom. The monoisotopic (exact) mass is 194 g/mol. The van der Waals surface area contributed by atoms with Crippen LogP contribution in [0.3, 0.4) is 0 Å². The summed E-state index contributed by atoms with van der Waals surface area (Å²) < 4.78 is 25.0. The van der Waals surface area contributed by atoms with Gasteiger partial charge in [0.15, 0.2) is 0 Å². The van der Waals surface area contributed by atoms with Crippen LogP contribution in [0.25, 0.3) is 0 Å². The van der Waals surface area contributed by atoms with E-state index in [-0.39, 0.29) is 6.54 Å². The Labute approximate surface area is 74.6 Å². The van der Waals surface area contributed by atoms with Gasteiger partial charge in [-0.25, -0.2) is 13.1 Å². The highest BCUT2D eigenvalue weighted by molar-refractivity contribution is 7.90. The van der Waals surface area contributed by atoms with Gasteiger partial charge in [0.25, 0.3) is 0 Å². The zero-order chi connectivity index (χ0) is 9.61. The van der Waals surface area contributed by atoms with Crippen molar-refractivity contribution in [2.45, 2.75) is 31.9 Å². The molecule has 3 N–H and O–H groups in total. The van der Waals surface area contributed by atoms with Gasteiger partial charge in [0.1, 0.15) is 0 Å². The lowest BCUT2D eigenvalue weighted by Gasteiger charge is -2.10. The molecule has 0 rings (SSSR count). The zero-order valence-electron chi connectivity index (χ0n) is 7.71. The van der Waals surface area contributed by atoms with Gasteiger partial charge in [-0.2, -0.15) is 0 Å². The second-order valence-electron chi connectivity index (χ2n) is 2.84. The number of unbranched alkanes of at least 4 members (excludes halogenated alkanes) is 1. The van der Waals surface area contributed by atoms with Crippen molar-refractivity contribution >= 4 is 10.0 Å². The first-order valence-corrected chi connectivity index (χ1v) is 5.77. The summed E-state index contributed by atoms with van der Waals surface area (Å²) in [6.07, 6.45) is 1.86. The van der Waals surface area contributed by atoms with E-state index >= 15 is 0 Å². The van der Waals surface area contributed by atoms with Crippen molar-refractivity contribution in [2.75, 3.05) is 13.1 Å². The topological polar surface area (TPSA) is 72.2 Å². The Morgan fingerprint density at radius 1 is 1.50 bits per heavy atom. The predicted molar refractivity (Wildman–Crippen MR) is 50.3 cm³/mol. The third-order valence-electron chi connectivity index (χ3n) is 1.70. The number of hydrogen-bond acceptors (Lipinski definition) is 3. The van der Waals surface area contributed by atoms with Gasteiger partial charge < -0.3 is 5.73 Å². The average Bonchev–Trinajstić information content (AvgIpc) is 2.03. The lowest BCUT2D eigenvalue weighted by molar-refractivity contribution is 0.566. The van der Waals surface area contributed by atoms with E-state index in [1.807, 2.05) is 6.92 Å². The van der Waals surface area contributed by atoms with Crippen molar-refractivity contribution in [3.63, 3.8) is 0 Å². The Hall–Kier alpha value is -0.130. The molecule has 0 aliphatic heterocycles. The van der Waals surface area contributed by atoms with Crippen LogP contribution in [0.5, 0.6) is 0 Å². The maximum atomic E-state index is 11.2. The molecule has 0 amide bonds. The molecular weight excluding hydrogens is 176 g/mol. The average molecular weight is 194 g/mol. The van der Waals surface area contributed by atoms with Crippen LogP contribution in [-0.4, -0.2) is 26.8 Å². The van der Waals surface area contributed by atoms with Crippen LogP contribution in [0.1, 0.15) is 26.7 Å². The summed E-state index contributed by atoms with van der Waals surface area (Å²) in [6.45, 7) is 4.31. The van der Waals surface area contributed by atoms with Gasteiger partial charge in [-0.1, -0.05) is 13.3 Å². The highest BCUT2D eigenvalue weighted by Crippen LogP contribution is 1.95. The summed E-state index contributed by atoms with van der Waals surface area (Å²) in [7, 11) is -3.16. The highest BCUT2D eigenvalue weighted by Gasteiger charge is 2.17. The molecule has 0 aromatic rings. The van der Waals surface area contributed by atoms with Gasteiger partial charge in [-0.3, -0.25) is 0 Å². The molecule has 0 aromatic carbocycles. The SMILES string of the molecule is CCCCNS(=O)(=O)C(C)CN. The molecule has 0 bridgehead atoms. The molecule has 0 aliphatic rings. The minimum absolute atomic E-state index is 0.168. The van der Waals surface area contributed by atoms with Crippen LogP contribution in [0.2, 0.25) is 0 Å². The molecule has 12 heavy (non-hydrogen) atoms. The van der Waals surface area contributed by atoms with Crippen molar-refractivity contribution in [3.05, 3.63) is 0 Å². The largest absolute Gasteiger partial charge is 0.329 e. The van der Waals surface area contributed by atoms with Crippen LogP contribution in [-0.2, 0) is 10.0 Å². The molecule has 0 aromatic heterocycles. The number of nitrogens with two attached hydrogens (primary N) is 1. The summed E-state index contributed by atoms with van der Waals surface area (Å²) in [5.41, 5.74) is 5.24. The van der Waals surface area contributed by atoms with Crippen LogP contribution >= 0.6 is 0 Å². The molecule has 1 unspecified atom stereocenters. The molecular formula is C7H18N2O2S. The second-order valence-corrected chi connectivity index (χ2v) is 5.02. The van der Waals surface area contributed by atoms with E-state index in [9.17, 15) is 8.42 Å². The molecule has 4 nitrogen and oxygen atoms in total. The van der Waals surface area contributed by atoms with Gasteiger partial charge in [-0.15, -0.1) is 0 Å². The fourth-order valence-electron chi connectivity index (χ4n) is 0.660. The van der Waals surface area contributed by atoms with Crippen LogP contribution in [0, 0.1) is 0 Å². The summed E-state index contributed by atoms with van der Waals surface area (Å²) in [4.78, 5) is 0. The Kier molecular flexibility index (Phi) is 5.44. The third-order valence-corrected chi connectivity index (χ3v) is 3.55. The van der Waals surface area contributed by atoms with Crippen LogP contribution in [0.15, 0.2) is 0 Å². The number of nitrogens with one attached hydrogen (secondary N) is 1. The first kappa shape index (κ1) is 11.9. The van der Waals surface area contributed by atoms with E-state index in [1.54, 1.807) is 6.92 Å². The lowest BCUT2D eigenvalue weighted by atomic mass is 10.3. The first-order valence-electron chi connectivity index (χ1n) is 4.23. The molecule has 74 valence electrons. The summed E-state index contributed by atoms with van der Waals surface area (Å²) in [5, 5.41) is -0.491. The first-order chi connectivity index (χ1) is 5.54. The van der Waals surface area contributed by atoms with Gasteiger partial charge in [0.2, 0.25) is 10.0 Å². The maximum Gasteiger partial charge on any atom is 0.215 e. The normalized spacial score (nSPS) is 14.6. The zero-order valence-corrected chi connectivity index (χ0v) is 8.52. The van der Waals surface area contributed by atoms with Gasteiger partial charge in [0.05, 0.1) is 5.25 Å². The van der Waals surface area contributed by atoms with E-state index in [4.69, 9.17) is 5.73 Å². The van der Waals surface area contributed by atoms with Crippen molar-refractivity contribution < 1.29 is 8.42 Å². The van der Waals surface area contributed by atoms with Gasteiger partial charge in [0, 0.05) is 13.1 Å². The molecule has 0 heterocycles. The van der Waals surface area contributed by atoms with E-state index in [0.717, 1.165) is 12.8 Å². The minimum Gasteiger partial charge on any atom is -0.329 e. The van der Waals surface area contributed by atoms with Crippen LogP contribution in [0.4, 0.5) is 0 Å². The van der Waals surface area contributed by atoms with Crippen molar-refractivity contribution in [2.24, 2.45) is 5.73 Å². The van der Waals surface area contributed by atoms with E-state index in [1.165, 1.54) is 0 Å². The molecule has 0 saturated heterocycles.